The first kappa shape index (κ1) is 20.4. The van der Waals surface area contributed by atoms with Crippen LogP contribution in [0.3, 0.4) is 0 Å². The summed E-state index contributed by atoms with van der Waals surface area (Å²) in [4.78, 5) is 26.3. The molecule has 7 nitrogen and oxygen atoms in total. The smallest absolute Gasteiger partial charge is 0.286 e. The van der Waals surface area contributed by atoms with Crippen LogP contribution in [0.15, 0.2) is 66.7 Å². The molecule has 0 N–H and O–H groups in total. The fourth-order valence-corrected chi connectivity index (χ4v) is 3.88. The fourth-order valence-electron chi connectivity index (χ4n) is 3.88. The Kier molecular flexibility index (Phi) is 5.58. The summed E-state index contributed by atoms with van der Waals surface area (Å²) in [6.45, 7) is 2.15. The lowest BCUT2D eigenvalue weighted by molar-refractivity contribution is -0.385. The van der Waals surface area contributed by atoms with E-state index in [1.54, 1.807) is 4.90 Å². The van der Waals surface area contributed by atoms with Gasteiger partial charge in [-0.05, 0) is 30.5 Å². The van der Waals surface area contributed by atoms with Crippen molar-refractivity contribution in [2.24, 2.45) is 0 Å². The number of para-hydroxylation sites is 1. The topological polar surface area (TPSA) is 81.9 Å². The van der Waals surface area contributed by atoms with Crippen molar-refractivity contribution in [3.8, 4) is 11.5 Å². The SMILES string of the molecule is COc1cc(C(=O)N2c3ccccc3C[C@H]2C)c([N+](=O)[O-])cc1OCc1ccccc1. The van der Waals surface area contributed by atoms with Crippen LogP contribution in [0.1, 0.15) is 28.4 Å². The van der Waals surface area contributed by atoms with Crippen molar-refractivity contribution < 1.29 is 19.2 Å². The largest absolute Gasteiger partial charge is 0.493 e. The molecule has 1 aliphatic rings. The van der Waals surface area contributed by atoms with E-state index < -0.39 is 10.8 Å². The predicted octanol–water partition coefficient (Wildman–Crippen LogP) is 4.77. The second-order valence-electron chi connectivity index (χ2n) is 7.41. The summed E-state index contributed by atoms with van der Waals surface area (Å²) in [5.41, 5.74) is 2.39. The Balaban J connectivity index is 1.71. The second kappa shape index (κ2) is 8.47. The van der Waals surface area contributed by atoms with E-state index >= 15 is 0 Å². The van der Waals surface area contributed by atoms with Gasteiger partial charge in [0.05, 0.1) is 18.1 Å². The molecule has 0 aromatic heterocycles. The van der Waals surface area contributed by atoms with Crippen LogP contribution in [0.5, 0.6) is 11.5 Å². The number of nitrogens with zero attached hydrogens (tertiary/aromatic N) is 2. The summed E-state index contributed by atoms with van der Waals surface area (Å²) in [7, 11) is 1.44. The molecule has 1 aliphatic heterocycles. The highest BCUT2D eigenvalue weighted by Gasteiger charge is 2.35. The third-order valence-electron chi connectivity index (χ3n) is 5.37. The molecule has 0 aliphatic carbocycles. The fraction of sp³-hybridized carbons (Fsp3) is 0.208. The van der Waals surface area contributed by atoms with Gasteiger partial charge in [-0.15, -0.1) is 0 Å². The van der Waals surface area contributed by atoms with E-state index in [2.05, 4.69) is 0 Å². The Morgan fingerprint density at radius 1 is 1.10 bits per heavy atom. The number of anilines is 1. The van der Waals surface area contributed by atoms with E-state index in [1.807, 2.05) is 61.5 Å². The van der Waals surface area contributed by atoms with Crippen LogP contribution in [0.4, 0.5) is 11.4 Å². The summed E-state index contributed by atoms with van der Waals surface area (Å²) >= 11 is 0. The zero-order valence-electron chi connectivity index (χ0n) is 17.3. The Bertz CT molecular complexity index is 1130. The molecule has 0 fully saturated rings. The number of fused-ring (bicyclic) bond motifs is 1. The van der Waals surface area contributed by atoms with Gasteiger partial charge in [0.2, 0.25) is 0 Å². The minimum absolute atomic E-state index is 0.0301. The Labute approximate surface area is 180 Å². The number of carbonyl (C=O) groups is 1. The number of nitro groups is 1. The molecule has 0 bridgehead atoms. The van der Waals surface area contributed by atoms with Gasteiger partial charge in [-0.2, -0.15) is 0 Å². The van der Waals surface area contributed by atoms with Gasteiger partial charge in [0.25, 0.3) is 11.6 Å². The van der Waals surface area contributed by atoms with Crippen molar-refractivity contribution in [3.05, 3.63) is 93.5 Å². The molecule has 4 rings (SSSR count). The van der Waals surface area contributed by atoms with Gasteiger partial charge in [-0.25, -0.2) is 0 Å². The van der Waals surface area contributed by atoms with Crippen molar-refractivity contribution in [2.75, 3.05) is 12.0 Å². The van der Waals surface area contributed by atoms with Crippen LogP contribution in [0.25, 0.3) is 0 Å². The van der Waals surface area contributed by atoms with Gasteiger partial charge in [-0.3, -0.25) is 14.9 Å². The minimum Gasteiger partial charge on any atom is -0.493 e. The lowest BCUT2D eigenvalue weighted by atomic mass is 10.1. The number of ether oxygens (including phenoxy) is 2. The quantitative estimate of drug-likeness (QED) is 0.425. The number of benzene rings is 3. The number of amides is 1. The van der Waals surface area contributed by atoms with Gasteiger partial charge in [0.15, 0.2) is 11.5 Å². The van der Waals surface area contributed by atoms with Gasteiger partial charge >= 0.3 is 0 Å². The summed E-state index contributed by atoms with van der Waals surface area (Å²) in [6, 6.07) is 19.6. The molecular formula is C24H22N2O5. The highest BCUT2D eigenvalue weighted by atomic mass is 16.6. The third kappa shape index (κ3) is 3.94. The Hall–Kier alpha value is -3.87. The molecular weight excluding hydrogens is 396 g/mol. The van der Waals surface area contributed by atoms with Crippen LogP contribution >= 0.6 is 0 Å². The number of nitro benzene ring substituents is 1. The molecule has 158 valence electrons. The summed E-state index contributed by atoms with van der Waals surface area (Å²) in [6.07, 6.45) is 0.700. The summed E-state index contributed by atoms with van der Waals surface area (Å²) < 4.78 is 11.2. The average molecular weight is 418 g/mol. The van der Waals surface area contributed by atoms with Crippen LogP contribution in [0, 0.1) is 10.1 Å². The molecule has 3 aromatic rings. The van der Waals surface area contributed by atoms with E-state index in [1.165, 1.54) is 19.2 Å². The van der Waals surface area contributed by atoms with Crippen LogP contribution in [-0.2, 0) is 13.0 Å². The van der Waals surface area contributed by atoms with E-state index in [-0.39, 0.29) is 35.4 Å². The molecule has 7 heteroatoms. The predicted molar refractivity (Wildman–Crippen MR) is 117 cm³/mol. The molecule has 0 spiro atoms. The van der Waals surface area contributed by atoms with E-state index in [9.17, 15) is 14.9 Å². The molecule has 1 heterocycles. The molecule has 3 aromatic carbocycles. The second-order valence-corrected chi connectivity index (χ2v) is 7.41. The standard InChI is InChI=1S/C24H22N2O5/c1-16-12-18-10-6-7-11-20(18)25(16)24(27)19-13-22(30-2)23(14-21(19)26(28)29)31-15-17-8-4-3-5-9-17/h3-11,13-14,16H,12,15H2,1-2H3/t16-/m1/s1. The van der Waals surface area contributed by atoms with Gasteiger partial charge in [0.1, 0.15) is 12.2 Å². The number of hydrogen-bond donors (Lipinski definition) is 0. The van der Waals surface area contributed by atoms with Crippen molar-refractivity contribution in [1.29, 1.82) is 0 Å². The monoisotopic (exact) mass is 418 g/mol. The first-order valence-corrected chi connectivity index (χ1v) is 9.94. The van der Waals surface area contributed by atoms with E-state index in [4.69, 9.17) is 9.47 Å². The van der Waals surface area contributed by atoms with Crippen LogP contribution in [0.2, 0.25) is 0 Å². The van der Waals surface area contributed by atoms with Crippen molar-refractivity contribution >= 4 is 17.3 Å². The van der Waals surface area contributed by atoms with Crippen LogP contribution < -0.4 is 14.4 Å². The number of hydrogen-bond acceptors (Lipinski definition) is 5. The maximum Gasteiger partial charge on any atom is 0.286 e. The summed E-state index contributed by atoms with van der Waals surface area (Å²) in [5, 5.41) is 11.8. The minimum atomic E-state index is -0.561. The average Bonchev–Trinajstić information content (AvgIpc) is 3.12. The molecule has 31 heavy (non-hydrogen) atoms. The number of methoxy groups -OCH3 is 1. The maximum absolute atomic E-state index is 13.4. The molecule has 0 saturated heterocycles. The highest BCUT2D eigenvalue weighted by molar-refractivity contribution is 6.10. The zero-order valence-corrected chi connectivity index (χ0v) is 17.3. The van der Waals surface area contributed by atoms with Crippen LogP contribution in [-0.4, -0.2) is 24.0 Å². The highest BCUT2D eigenvalue weighted by Crippen LogP contribution is 2.39. The third-order valence-corrected chi connectivity index (χ3v) is 5.37. The van der Waals surface area contributed by atoms with Crippen molar-refractivity contribution in [1.82, 2.24) is 0 Å². The van der Waals surface area contributed by atoms with Crippen molar-refractivity contribution in [2.45, 2.75) is 26.0 Å². The molecule has 1 amide bonds. The number of rotatable bonds is 6. The molecule has 1 atom stereocenters. The normalized spacial score (nSPS) is 14.8. The lowest BCUT2D eigenvalue weighted by Gasteiger charge is -2.23. The molecule has 0 radical (unpaired) electrons. The molecule has 0 unspecified atom stereocenters. The molecule has 0 saturated carbocycles. The van der Waals surface area contributed by atoms with E-state index in [0.29, 0.717) is 6.42 Å². The maximum atomic E-state index is 13.4. The van der Waals surface area contributed by atoms with E-state index in [0.717, 1.165) is 16.8 Å². The number of carbonyl (C=O) groups excluding carboxylic acids is 1. The summed E-state index contributed by atoms with van der Waals surface area (Å²) in [5.74, 6) is 0.0477. The Morgan fingerprint density at radius 2 is 1.81 bits per heavy atom. The first-order valence-electron chi connectivity index (χ1n) is 9.94. The van der Waals surface area contributed by atoms with Gasteiger partial charge < -0.3 is 14.4 Å². The lowest BCUT2D eigenvalue weighted by Crippen LogP contribution is -2.36. The van der Waals surface area contributed by atoms with Gasteiger partial charge in [-0.1, -0.05) is 48.5 Å². The first-order chi connectivity index (χ1) is 15.0. The zero-order chi connectivity index (χ0) is 22.0. The van der Waals surface area contributed by atoms with Gasteiger partial charge in [0, 0.05) is 17.8 Å². The Morgan fingerprint density at radius 3 is 2.52 bits per heavy atom. The van der Waals surface area contributed by atoms with Crippen molar-refractivity contribution in [3.63, 3.8) is 0 Å².